The monoisotopic (exact) mass is 208 g/mol. The molecular formula is C11H20N4. The van der Waals surface area contributed by atoms with Crippen LogP contribution in [0.5, 0.6) is 0 Å². The van der Waals surface area contributed by atoms with E-state index < -0.39 is 0 Å². The van der Waals surface area contributed by atoms with Gasteiger partial charge < -0.3 is 5.73 Å². The van der Waals surface area contributed by atoms with Crippen LogP contribution < -0.4 is 5.73 Å². The van der Waals surface area contributed by atoms with Crippen LogP contribution in [0.3, 0.4) is 0 Å². The predicted molar refractivity (Wildman–Crippen MR) is 59.6 cm³/mol. The molecule has 1 aliphatic carbocycles. The molecule has 84 valence electrons. The lowest BCUT2D eigenvalue weighted by Gasteiger charge is -2.27. The molecule has 1 unspecified atom stereocenters. The van der Waals surface area contributed by atoms with Crippen molar-refractivity contribution in [3.63, 3.8) is 0 Å². The van der Waals surface area contributed by atoms with Gasteiger partial charge in [-0.05, 0) is 39.0 Å². The van der Waals surface area contributed by atoms with Crippen molar-refractivity contribution in [2.24, 2.45) is 11.7 Å². The number of hydrogen-bond donors (Lipinski definition) is 1. The number of rotatable bonds is 2. The molecular weight excluding hydrogens is 188 g/mol. The second kappa shape index (κ2) is 3.59. The molecule has 0 saturated carbocycles. The second-order valence-electron chi connectivity index (χ2n) is 5.26. The summed E-state index contributed by atoms with van der Waals surface area (Å²) in [4.78, 5) is 0. The molecule has 2 N–H and O–H groups in total. The predicted octanol–water partition coefficient (Wildman–Crippen LogP) is 1.10. The van der Waals surface area contributed by atoms with Crippen LogP contribution in [0.25, 0.3) is 0 Å². The van der Waals surface area contributed by atoms with Crippen LogP contribution in [-0.4, -0.2) is 21.5 Å². The Morgan fingerprint density at radius 3 is 2.93 bits per heavy atom. The third-order valence-electron chi connectivity index (χ3n) is 3.33. The van der Waals surface area contributed by atoms with E-state index in [1.54, 1.807) is 0 Å². The molecule has 4 nitrogen and oxygen atoms in total. The Hall–Kier alpha value is -0.900. The molecule has 1 atom stereocenters. The second-order valence-corrected chi connectivity index (χ2v) is 5.26. The number of aromatic nitrogens is 3. The van der Waals surface area contributed by atoms with E-state index in [9.17, 15) is 0 Å². The van der Waals surface area contributed by atoms with E-state index in [0.717, 1.165) is 18.8 Å². The van der Waals surface area contributed by atoms with Crippen molar-refractivity contribution in [3.05, 3.63) is 11.4 Å². The third kappa shape index (κ3) is 1.78. The molecule has 0 fully saturated rings. The van der Waals surface area contributed by atoms with Gasteiger partial charge in [0.05, 0.1) is 16.9 Å². The van der Waals surface area contributed by atoms with Crippen molar-refractivity contribution in [1.29, 1.82) is 0 Å². The lowest BCUT2D eigenvalue weighted by atomic mass is 9.90. The summed E-state index contributed by atoms with van der Waals surface area (Å²) in [6.07, 6.45) is 3.39. The van der Waals surface area contributed by atoms with Gasteiger partial charge in [0.2, 0.25) is 0 Å². The molecule has 0 aliphatic heterocycles. The van der Waals surface area contributed by atoms with E-state index in [0.29, 0.717) is 6.54 Å². The summed E-state index contributed by atoms with van der Waals surface area (Å²) < 4.78 is 2.02. The Morgan fingerprint density at radius 1 is 1.53 bits per heavy atom. The van der Waals surface area contributed by atoms with Crippen LogP contribution >= 0.6 is 0 Å². The molecule has 0 spiro atoms. The first-order valence-electron chi connectivity index (χ1n) is 5.68. The van der Waals surface area contributed by atoms with Gasteiger partial charge in [-0.3, -0.25) is 0 Å². The average molecular weight is 208 g/mol. The highest BCUT2D eigenvalue weighted by atomic mass is 15.5. The Balaban J connectivity index is 2.36. The van der Waals surface area contributed by atoms with Crippen molar-refractivity contribution in [2.45, 2.75) is 45.6 Å². The first-order valence-corrected chi connectivity index (χ1v) is 5.68. The lowest BCUT2D eigenvalue weighted by Crippen LogP contribution is -2.37. The summed E-state index contributed by atoms with van der Waals surface area (Å²) in [6.45, 7) is 7.09. The van der Waals surface area contributed by atoms with Gasteiger partial charge in [-0.15, -0.1) is 5.10 Å². The van der Waals surface area contributed by atoms with Gasteiger partial charge in [0.25, 0.3) is 0 Å². The molecule has 0 radical (unpaired) electrons. The van der Waals surface area contributed by atoms with E-state index in [1.165, 1.54) is 17.8 Å². The fourth-order valence-corrected chi connectivity index (χ4v) is 2.13. The van der Waals surface area contributed by atoms with Crippen LogP contribution in [0.15, 0.2) is 0 Å². The Morgan fingerprint density at radius 2 is 2.27 bits per heavy atom. The van der Waals surface area contributed by atoms with Crippen molar-refractivity contribution in [1.82, 2.24) is 15.0 Å². The van der Waals surface area contributed by atoms with Crippen molar-refractivity contribution >= 4 is 0 Å². The highest BCUT2D eigenvalue weighted by molar-refractivity contribution is 5.16. The van der Waals surface area contributed by atoms with Gasteiger partial charge in [0, 0.05) is 6.54 Å². The number of nitrogens with two attached hydrogens (primary N) is 1. The number of fused-ring (bicyclic) bond motifs is 1. The molecule has 0 bridgehead atoms. The molecule has 0 aromatic carbocycles. The zero-order valence-corrected chi connectivity index (χ0v) is 9.82. The van der Waals surface area contributed by atoms with Gasteiger partial charge in [0.15, 0.2) is 0 Å². The molecule has 2 rings (SSSR count). The molecule has 1 heterocycles. The van der Waals surface area contributed by atoms with E-state index in [2.05, 4.69) is 31.1 Å². The topological polar surface area (TPSA) is 56.7 Å². The Bertz CT molecular complexity index is 353. The highest BCUT2D eigenvalue weighted by Crippen LogP contribution is 2.26. The number of nitrogens with zero attached hydrogens (tertiary/aromatic N) is 3. The number of hydrogen-bond acceptors (Lipinski definition) is 3. The SMILES string of the molecule is CC1CCc2c(nnn2C(C)(C)CN)C1. The third-order valence-corrected chi connectivity index (χ3v) is 3.33. The summed E-state index contributed by atoms with van der Waals surface area (Å²) >= 11 is 0. The van der Waals surface area contributed by atoms with Crippen LogP contribution in [-0.2, 0) is 18.4 Å². The van der Waals surface area contributed by atoms with Gasteiger partial charge in [-0.1, -0.05) is 12.1 Å². The Labute approximate surface area is 90.8 Å². The van der Waals surface area contributed by atoms with E-state index >= 15 is 0 Å². The van der Waals surface area contributed by atoms with E-state index in [4.69, 9.17) is 5.73 Å². The minimum Gasteiger partial charge on any atom is -0.328 e. The fourth-order valence-electron chi connectivity index (χ4n) is 2.13. The van der Waals surface area contributed by atoms with Crippen LogP contribution in [0, 0.1) is 5.92 Å². The molecule has 0 amide bonds. The zero-order valence-electron chi connectivity index (χ0n) is 9.82. The standard InChI is InChI=1S/C11H20N4/c1-8-4-5-10-9(6-8)13-14-15(10)11(2,3)7-12/h8H,4-7,12H2,1-3H3. The maximum atomic E-state index is 5.77. The molecule has 1 aromatic rings. The molecule has 1 aromatic heterocycles. The summed E-state index contributed by atoms with van der Waals surface area (Å²) in [5, 5.41) is 8.54. The van der Waals surface area contributed by atoms with Crippen molar-refractivity contribution in [3.8, 4) is 0 Å². The smallest absolute Gasteiger partial charge is 0.0862 e. The molecule has 4 heteroatoms. The minimum absolute atomic E-state index is 0.110. The van der Waals surface area contributed by atoms with E-state index in [-0.39, 0.29) is 5.54 Å². The summed E-state index contributed by atoms with van der Waals surface area (Å²) in [7, 11) is 0. The summed E-state index contributed by atoms with van der Waals surface area (Å²) in [5.41, 5.74) is 8.13. The normalized spacial score (nSPS) is 21.5. The summed E-state index contributed by atoms with van der Waals surface area (Å²) in [5.74, 6) is 0.739. The zero-order chi connectivity index (χ0) is 11.1. The first kappa shape index (κ1) is 10.6. The van der Waals surface area contributed by atoms with Crippen molar-refractivity contribution in [2.75, 3.05) is 6.54 Å². The molecule has 0 saturated heterocycles. The molecule has 15 heavy (non-hydrogen) atoms. The van der Waals surface area contributed by atoms with Crippen LogP contribution in [0.2, 0.25) is 0 Å². The van der Waals surface area contributed by atoms with E-state index in [1.807, 2.05) is 4.68 Å². The van der Waals surface area contributed by atoms with Gasteiger partial charge in [-0.2, -0.15) is 0 Å². The quantitative estimate of drug-likeness (QED) is 0.791. The highest BCUT2D eigenvalue weighted by Gasteiger charge is 2.28. The minimum atomic E-state index is -0.110. The first-order chi connectivity index (χ1) is 7.04. The Kier molecular flexibility index (Phi) is 2.54. The van der Waals surface area contributed by atoms with Gasteiger partial charge in [0.1, 0.15) is 0 Å². The van der Waals surface area contributed by atoms with Crippen LogP contribution in [0.1, 0.15) is 38.6 Å². The average Bonchev–Trinajstić information content (AvgIpc) is 2.61. The fraction of sp³-hybridized carbons (Fsp3) is 0.818. The molecule has 1 aliphatic rings. The largest absolute Gasteiger partial charge is 0.328 e. The summed E-state index contributed by atoms with van der Waals surface area (Å²) in [6, 6.07) is 0. The maximum Gasteiger partial charge on any atom is 0.0862 e. The van der Waals surface area contributed by atoms with Crippen LogP contribution in [0.4, 0.5) is 0 Å². The van der Waals surface area contributed by atoms with Gasteiger partial charge in [-0.25, -0.2) is 4.68 Å². The van der Waals surface area contributed by atoms with Crippen molar-refractivity contribution < 1.29 is 0 Å². The lowest BCUT2D eigenvalue weighted by molar-refractivity contribution is 0.308. The van der Waals surface area contributed by atoms with Gasteiger partial charge >= 0.3 is 0 Å². The maximum absolute atomic E-state index is 5.77.